The third kappa shape index (κ3) is 5.21. The predicted octanol–water partition coefficient (Wildman–Crippen LogP) is 2.87. The van der Waals surface area contributed by atoms with Gasteiger partial charge in [-0.15, -0.1) is 0 Å². The molecule has 162 valence electrons. The molecule has 0 atom stereocenters. The molecule has 3 rings (SSSR count). The van der Waals surface area contributed by atoms with Crippen LogP contribution >= 0.6 is 0 Å². The topological polar surface area (TPSA) is 102 Å². The molecule has 0 bridgehead atoms. The number of hydrogen-bond acceptors (Lipinski definition) is 5. The Morgan fingerprint density at radius 2 is 1.68 bits per heavy atom. The SMILES string of the molecule is CCCCn1nc(C(=O)NNC(=O)c2ccc(OC(F)F)cc2)c2ccccc2c1=O. The number of nitrogens with zero attached hydrogens (tertiary/aromatic N) is 2. The third-order valence-electron chi connectivity index (χ3n) is 4.44. The number of unbranched alkanes of at least 4 members (excludes halogenated alkanes) is 1. The van der Waals surface area contributed by atoms with Crippen molar-refractivity contribution < 1.29 is 23.1 Å². The van der Waals surface area contributed by atoms with Crippen LogP contribution in [0, 0.1) is 0 Å². The number of aromatic nitrogens is 2. The normalized spacial score (nSPS) is 10.8. The molecule has 2 N–H and O–H groups in total. The van der Waals surface area contributed by atoms with Crippen LogP contribution in [-0.4, -0.2) is 28.2 Å². The van der Waals surface area contributed by atoms with Crippen molar-refractivity contribution in [2.75, 3.05) is 0 Å². The molecule has 1 heterocycles. The Morgan fingerprint density at radius 3 is 2.32 bits per heavy atom. The summed E-state index contributed by atoms with van der Waals surface area (Å²) in [7, 11) is 0. The van der Waals surface area contributed by atoms with Crippen molar-refractivity contribution in [3.63, 3.8) is 0 Å². The van der Waals surface area contributed by atoms with Gasteiger partial charge < -0.3 is 4.74 Å². The van der Waals surface area contributed by atoms with E-state index < -0.39 is 18.4 Å². The van der Waals surface area contributed by atoms with Gasteiger partial charge >= 0.3 is 6.61 Å². The monoisotopic (exact) mass is 430 g/mol. The molecule has 0 aliphatic carbocycles. The zero-order valence-corrected chi connectivity index (χ0v) is 16.6. The molecule has 0 unspecified atom stereocenters. The molecule has 31 heavy (non-hydrogen) atoms. The Balaban J connectivity index is 1.77. The molecule has 0 aliphatic heterocycles. The smallest absolute Gasteiger partial charge is 0.387 e. The van der Waals surface area contributed by atoms with Crippen LogP contribution in [0.1, 0.15) is 40.6 Å². The molecule has 0 saturated carbocycles. The fourth-order valence-electron chi connectivity index (χ4n) is 2.89. The third-order valence-corrected chi connectivity index (χ3v) is 4.44. The number of nitrogens with one attached hydrogen (secondary N) is 2. The Labute approximate surface area is 175 Å². The van der Waals surface area contributed by atoms with Gasteiger partial charge in [-0.3, -0.25) is 25.2 Å². The van der Waals surface area contributed by atoms with E-state index in [1.165, 1.54) is 28.9 Å². The summed E-state index contributed by atoms with van der Waals surface area (Å²) in [6, 6.07) is 11.6. The molecule has 10 heteroatoms. The number of carbonyl (C=O) groups is 2. The molecular formula is C21H20F2N4O4. The lowest BCUT2D eigenvalue weighted by molar-refractivity contribution is -0.0498. The largest absolute Gasteiger partial charge is 0.435 e. The number of amides is 2. The fourth-order valence-corrected chi connectivity index (χ4v) is 2.89. The van der Waals surface area contributed by atoms with E-state index >= 15 is 0 Å². The molecule has 0 fully saturated rings. The predicted molar refractivity (Wildman–Crippen MR) is 109 cm³/mol. The lowest BCUT2D eigenvalue weighted by Gasteiger charge is -2.12. The average Bonchev–Trinajstić information content (AvgIpc) is 2.77. The van der Waals surface area contributed by atoms with E-state index in [2.05, 4.69) is 20.7 Å². The van der Waals surface area contributed by atoms with Crippen LogP contribution < -0.4 is 21.1 Å². The molecule has 0 saturated heterocycles. The van der Waals surface area contributed by atoms with Crippen LogP contribution in [0.4, 0.5) is 8.78 Å². The summed E-state index contributed by atoms with van der Waals surface area (Å²) in [5.74, 6) is -1.46. The van der Waals surface area contributed by atoms with Crippen LogP contribution in [-0.2, 0) is 6.54 Å². The Morgan fingerprint density at radius 1 is 1.03 bits per heavy atom. The molecule has 8 nitrogen and oxygen atoms in total. The van der Waals surface area contributed by atoms with Gasteiger partial charge in [-0.05, 0) is 36.8 Å². The number of rotatable bonds is 7. The second kappa shape index (κ2) is 9.79. The number of aryl methyl sites for hydroxylation is 1. The van der Waals surface area contributed by atoms with Crippen molar-refractivity contribution in [1.82, 2.24) is 20.6 Å². The summed E-state index contributed by atoms with van der Waals surface area (Å²) < 4.78 is 29.9. The van der Waals surface area contributed by atoms with Gasteiger partial charge in [0.25, 0.3) is 17.4 Å². The molecule has 1 aromatic heterocycles. The number of alkyl halides is 2. The second-order valence-electron chi connectivity index (χ2n) is 6.59. The number of ether oxygens (including phenoxy) is 1. The highest BCUT2D eigenvalue weighted by Crippen LogP contribution is 2.15. The zero-order chi connectivity index (χ0) is 22.4. The second-order valence-corrected chi connectivity index (χ2v) is 6.59. The Kier molecular flexibility index (Phi) is 6.91. The minimum atomic E-state index is -2.97. The van der Waals surface area contributed by atoms with Gasteiger partial charge in [0.05, 0.1) is 5.39 Å². The van der Waals surface area contributed by atoms with Crippen LogP contribution in [0.25, 0.3) is 10.8 Å². The highest BCUT2D eigenvalue weighted by molar-refractivity contribution is 6.06. The highest BCUT2D eigenvalue weighted by Gasteiger charge is 2.17. The van der Waals surface area contributed by atoms with E-state index in [1.807, 2.05) is 6.92 Å². The first-order chi connectivity index (χ1) is 14.9. The molecule has 2 aromatic carbocycles. The lowest BCUT2D eigenvalue weighted by atomic mass is 10.1. The number of carbonyl (C=O) groups excluding carboxylic acids is 2. The van der Waals surface area contributed by atoms with Gasteiger partial charge in [-0.1, -0.05) is 31.5 Å². The van der Waals surface area contributed by atoms with Gasteiger partial charge in [-0.25, -0.2) is 4.68 Å². The number of hydrazine groups is 1. The van der Waals surface area contributed by atoms with Crippen molar-refractivity contribution in [3.8, 4) is 5.75 Å². The van der Waals surface area contributed by atoms with Gasteiger partial charge in [0.1, 0.15) is 5.75 Å². The molecule has 0 spiro atoms. The fraction of sp³-hybridized carbons (Fsp3) is 0.238. The number of benzene rings is 2. The molecule has 3 aromatic rings. The van der Waals surface area contributed by atoms with Crippen molar-refractivity contribution >= 4 is 22.6 Å². The van der Waals surface area contributed by atoms with Gasteiger partial charge in [0.2, 0.25) is 0 Å². The average molecular weight is 430 g/mol. The van der Waals surface area contributed by atoms with Crippen LogP contribution in [0.3, 0.4) is 0 Å². The lowest BCUT2D eigenvalue weighted by Crippen LogP contribution is -2.42. The highest BCUT2D eigenvalue weighted by atomic mass is 19.3. The summed E-state index contributed by atoms with van der Waals surface area (Å²) in [5, 5.41) is 4.89. The minimum Gasteiger partial charge on any atom is -0.435 e. The van der Waals surface area contributed by atoms with Crippen LogP contribution in [0.2, 0.25) is 0 Å². The molecular weight excluding hydrogens is 410 g/mol. The maximum absolute atomic E-state index is 12.7. The number of hydrogen-bond donors (Lipinski definition) is 2. The minimum absolute atomic E-state index is 0.00714. The summed E-state index contributed by atoms with van der Waals surface area (Å²) in [6.07, 6.45) is 1.56. The maximum Gasteiger partial charge on any atom is 0.387 e. The number of halogens is 2. The first-order valence-electron chi connectivity index (χ1n) is 9.56. The first kappa shape index (κ1) is 21.9. The van der Waals surface area contributed by atoms with Crippen LogP contribution in [0.5, 0.6) is 5.75 Å². The van der Waals surface area contributed by atoms with E-state index in [-0.39, 0.29) is 22.6 Å². The zero-order valence-electron chi connectivity index (χ0n) is 16.6. The Hall–Kier alpha value is -3.82. The number of fused-ring (bicyclic) bond motifs is 1. The molecule has 0 aliphatic rings. The van der Waals surface area contributed by atoms with E-state index in [9.17, 15) is 23.2 Å². The summed E-state index contributed by atoms with van der Waals surface area (Å²) in [5.41, 5.74) is 4.33. The van der Waals surface area contributed by atoms with Crippen molar-refractivity contribution in [1.29, 1.82) is 0 Å². The van der Waals surface area contributed by atoms with E-state index in [0.29, 0.717) is 23.7 Å². The van der Waals surface area contributed by atoms with Gasteiger partial charge in [0, 0.05) is 17.5 Å². The van der Waals surface area contributed by atoms with Crippen molar-refractivity contribution in [3.05, 3.63) is 70.1 Å². The first-order valence-corrected chi connectivity index (χ1v) is 9.56. The summed E-state index contributed by atoms with van der Waals surface area (Å²) in [6.45, 7) is -0.636. The quantitative estimate of drug-likeness (QED) is 0.561. The van der Waals surface area contributed by atoms with Crippen molar-refractivity contribution in [2.24, 2.45) is 0 Å². The van der Waals surface area contributed by atoms with Gasteiger partial charge in [-0.2, -0.15) is 13.9 Å². The summed E-state index contributed by atoms with van der Waals surface area (Å²) >= 11 is 0. The van der Waals surface area contributed by atoms with E-state index in [4.69, 9.17) is 0 Å². The standard InChI is InChI=1S/C21H20F2N4O4/c1-2-3-12-27-20(30)16-7-5-4-6-15(16)17(26-27)19(29)25-24-18(28)13-8-10-14(11-9-13)31-21(22)23/h4-11,21H,2-3,12H2,1H3,(H,24,28)(H,25,29). The van der Waals surface area contributed by atoms with Crippen LogP contribution in [0.15, 0.2) is 53.3 Å². The van der Waals surface area contributed by atoms with Crippen molar-refractivity contribution in [2.45, 2.75) is 32.9 Å². The van der Waals surface area contributed by atoms with E-state index in [1.54, 1.807) is 24.3 Å². The summed E-state index contributed by atoms with van der Waals surface area (Å²) in [4.78, 5) is 37.5. The van der Waals surface area contributed by atoms with Gasteiger partial charge in [0.15, 0.2) is 5.69 Å². The molecule has 0 radical (unpaired) electrons. The molecule has 2 amide bonds. The Bertz CT molecular complexity index is 1150. The van der Waals surface area contributed by atoms with E-state index in [0.717, 1.165) is 6.42 Å². The maximum atomic E-state index is 12.7.